The molecule has 0 bridgehead atoms. The maximum atomic E-state index is 13.4. The van der Waals surface area contributed by atoms with Crippen LogP contribution in [-0.2, 0) is 9.63 Å². The van der Waals surface area contributed by atoms with Crippen LogP contribution in [0.1, 0.15) is 12.8 Å². The second-order valence-electron chi connectivity index (χ2n) is 4.19. The largest absolute Gasteiger partial charge is 0.399 e. The van der Waals surface area contributed by atoms with E-state index in [1.54, 1.807) is 5.06 Å². The topological polar surface area (TPSA) is 67.6 Å². The van der Waals surface area contributed by atoms with Crippen LogP contribution in [0.15, 0.2) is 18.2 Å². The van der Waals surface area contributed by atoms with Gasteiger partial charge in [-0.2, -0.15) is 5.06 Å². The summed E-state index contributed by atoms with van der Waals surface area (Å²) < 4.78 is 13.4. The zero-order valence-corrected chi connectivity index (χ0v) is 9.99. The van der Waals surface area contributed by atoms with E-state index in [4.69, 9.17) is 10.6 Å². The lowest BCUT2D eigenvalue weighted by molar-refractivity contribution is -0.182. The Morgan fingerprint density at radius 3 is 3.06 bits per heavy atom. The average molecular weight is 253 g/mol. The van der Waals surface area contributed by atoms with Crippen molar-refractivity contribution in [1.82, 2.24) is 5.06 Å². The minimum atomic E-state index is -0.503. The molecule has 2 rings (SSSR count). The highest BCUT2D eigenvalue weighted by Crippen LogP contribution is 2.17. The highest BCUT2D eigenvalue weighted by Gasteiger charge is 2.15. The lowest BCUT2D eigenvalue weighted by atomic mass is 10.2. The van der Waals surface area contributed by atoms with Crippen molar-refractivity contribution in [3.63, 3.8) is 0 Å². The molecule has 5 nitrogen and oxygen atoms in total. The summed E-state index contributed by atoms with van der Waals surface area (Å²) in [5.41, 5.74) is 6.03. The predicted octanol–water partition coefficient (Wildman–Crippen LogP) is 1.37. The number of carbonyl (C=O) groups is 1. The molecule has 18 heavy (non-hydrogen) atoms. The maximum Gasteiger partial charge on any atom is 0.241 e. The molecule has 0 radical (unpaired) electrons. The van der Waals surface area contributed by atoms with Gasteiger partial charge in [-0.1, -0.05) is 0 Å². The Morgan fingerprint density at radius 1 is 1.50 bits per heavy atom. The molecule has 1 amide bonds. The number of nitrogen functional groups attached to an aromatic ring is 1. The number of nitrogens with one attached hydrogen (secondary N) is 1. The normalized spacial score (nSPS) is 16.5. The predicted molar refractivity (Wildman–Crippen MR) is 66.2 cm³/mol. The molecule has 1 aliphatic rings. The Labute approximate surface area is 105 Å². The third kappa shape index (κ3) is 3.41. The number of nitrogens with zero attached hydrogens (tertiary/aromatic N) is 1. The standard InChI is InChI=1S/C12H16FN3O2/c13-10-4-3-9(14)7-11(10)15-12(17)8-16-5-1-2-6-18-16/h3-4,7H,1-2,5-6,8,14H2,(H,15,17). The molecule has 0 atom stereocenters. The van der Waals surface area contributed by atoms with Crippen molar-refractivity contribution in [2.24, 2.45) is 0 Å². The van der Waals surface area contributed by atoms with Gasteiger partial charge in [-0.3, -0.25) is 9.63 Å². The molecule has 0 aromatic heterocycles. The summed E-state index contributed by atoms with van der Waals surface area (Å²) in [7, 11) is 0. The van der Waals surface area contributed by atoms with Gasteiger partial charge >= 0.3 is 0 Å². The first kappa shape index (κ1) is 12.8. The highest BCUT2D eigenvalue weighted by atomic mass is 19.1. The summed E-state index contributed by atoms with van der Waals surface area (Å²) in [6.07, 6.45) is 2.00. The van der Waals surface area contributed by atoms with Crippen LogP contribution in [0.5, 0.6) is 0 Å². The molecule has 6 heteroatoms. The third-order valence-corrected chi connectivity index (χ3v) is 2.66. The number of rotatable bonds is 3. The fourth-order valence-electron chi connectivity index (χ4n) is 1.76. The van der Waals surface area contributed by atoms with E-state index in [-0.39, 0.29) is 18.1 Å². The van der Waals surface area contributed by atoms with Gasteiger partial charge in [0.25, 0.3) is 0 Å². The van der Waals surface area contributed by atoms with Crippen molar-refractivity contribution in [2.75, 3.05) is 30.7 Å². The van der Waals surface area contributed by atoms with E-state index in [2.05, 4.69) is 5.32 Å². The number of amides is 1. The number of nitrogens with two attached hydrogens (primary N) is 1. The van der Waals surface area contributed by atoms with E-state index in [1.807, 2.05) is 0 Å². The first-order valence-electron chi connectivity index (χ1n) is 5.88. The highest BCUT2D eigenvalue weighted by molar-refractivity contribution is 5.92. The fraction of sp³-hybridized carbons (Fsp3) is 0.417. The van der Waals surface area contributed by atoms with E-state index in [0.717, 1.165) is 12.8 Å². The van der Waals surface area contributed by atoms with Gasteiger partial charge < -0.3 is 11.1 Å². The molecule has 0 unspecified atom stereocenters. The summed E-state index contributed by atoms with van der Waals surface area (Å²) >= 11 is 0. The van der Waals surface area contributed by atoms with Gasteiger partial charge in [-0.15, -0.1) is 0 Å². The summed E-state index contributed by atoms with van der Waals surface area (Å²) in [6, 6.07) is 4.06. The Kier molecular flexibility index (Phi) is 4.11. The molecular weight excluding hydrogens is 237 g/mol. The van der Waals surface area contributed by atoms with Crippen LogP contribution in [0.2, 0.25) is 0 Å². The van der Waals surface area contributed by atoms with E-state index in [1.165, 1.54) is 18.2 Å². The Balaban J connectivity index is 1.92. The molecule has 1 aromatic carbocycles. The molecule has 1 fully saturated rings. The summed E-state index contributed by atoms with van der Waals surface area (Å²) in [4.78, 5) is 17.0. The molecule has 3 N–H and O–H groups in total. The van der Waals surface area contributed by atoms with Crippen LogP contribution >= 0.6 is 0 Å². The first-order chi connectivity index (χ1) is 8.65. The lowest BCUT2D eigenvalue weighted by Gasteiger charge is -2.25. The van der Waals surface area contributed by atoms with Crippen LogP contribution in [0.25, 0.3) is 0 Å². The van der Waals surface area contributed by atoms with Gasteiger partial charge in [0.1, 0.15) is 12.4 Å². The summed E-state index contributed by atoms with van der Waals surface area (Å²) in [5, 5.41) is 4.07. The lowest BCUT2D eigenvalue weighted by Crippen LogP contribution is -2.37. The van der Waals surface area contributed by atoms with Crippen LogP contribution in [0, 0.1) is 5.82 Å². The number of hydrogen-bond acceptors (Lipinski definition) is 4. The Morgan fingerprint density at radius 2 is 2.33 bits per heavy atom. The summed E-state index contributed by atoms with van der Waals surface area (Å²) in [5.74, 6) is -0.821. The molecular formula is C12H16FN3O2. The van der Waals surface area contributed by atoms with Crippen LogP contribution in [0.3, 0.4) is 0 Å². The second-order valence-corrected chi connectivity index (χ2v) is 4.19. The van der Waals surface area contributed by atoms with E-state index in [0.29, 0.717) is 18.8 Å². The zero-order valence-electron chi connectivity index (χ0n) is 9.99. The van der Waals surface area contributed by atoms with Gasteiger partial charge in [-0.25, -0.2) is 4.39 Å². The van der Waals surface area contributed by atoms with Gasteiger partial charge in [-0.05, 0) is 31.0 Å². The van der Waals surface area contributed by atoms with Gasteiger partial charge in [0.05, 0.1) is 12.3 Å². The molecule has 1 heterocycles. The number of carbonyl (C=O) groups excluding carboxylic acids is 1. The third-order valence-electron chi connectivity index (χ3n) is 2.66. The van der Waals surface area contributed by atoms with Crippen molar-refractivity contribution < 1.29 is 14.0 Å². The SMILES string of the molecule is Nc1ccc(F)c(NC(=O)CN2CCCCO2)c1. The monoisotopic (exact) mass is 253 g/mol. The van der Waals surface area contributed by atoms with E-state index < -0.39 is 5.82 Å². The van der Waals surface area contributed by atoms with Gasteiger partial charge in [0.15, 0.2) is 0 Å². The fourth-order valence-corrected chi connectivity index (χ4v) is 1.76. The smallest absolute Gasteiger partial charge is 0.241 e. The number of halogens is 1. The molecule has 1 aromatic rings. The quantitative estimate of drug-likeness (QED) is 0.798. The van der Waals surface area contributed by atoms with E-state index in [9.17, 15) is 9.18 Å². The number of anilines is 2. The Hall–Kier alpha value is -1.66. The number of hydroxylamine groups is 2. The molecule has 0 spiro atoms. The molecule has 0 aliphatic carbocycles. The molecule has 1 aliphatic heterocycles. The van der Waals surface area contributed by atoms with Crippen molar-refractivity contribution >= 4 is 17.3 Å². The second kappa shape index (κ2) is 5.79. The maximum absolute atomic E-state index is 13.4. The van der Waals surface area contributed by atoms with Gasteiger partial charge in [0.2, 0.25) is 5.91 Å². The van der Waals surface area contributed by atoms with Gasteiger partial charge in [0, 0.05) is 12.2 Å². The van der Waals surface area contributed by atoms with Crippen molar-refractivity contribution in [3.05, 3.63) is 24.0 Å². The number of benzene rings is 1. The van der Waals surface area contributed by atoms with Crippen LogP contribution in [-0.4, -0.2) is 30.7 Å². The van der Waals surface area contributed by atoms with Crippen LogP contribution < -0.4 is 11.1 Å². The summed E-state index contributed by atoms with van der Waals surface area (Å²) in [6.45, 7) is 1.43. The molecule has 1 saturated heterocycles. The molecule has 0 saturated carbocycles. The van der Waals surface area contributed by atoms with Crippen molar-refractivity contribution in [1.29, 1.82) is 0 Å². The number of hydrogen-bond donors (Lipinski definition) is 2. The van der Waals surface area contributed by atoms with Crippen molar-refractivity contribution in [3.8, 4) is 0 Å². The molecule has 98 valence electrons. The minimum Gasteiger partial charge on any atom is -0.399 e. The van der Waals surface area contributed by atoms with Crippen molar-refractivity contribution in [2.45, 2.75) is 12.8 Å². The van der Waals surface area contributed by atoms with E-state index >= 15 is 0 Å². The minimum absolute atomic E-state index is 0.0915. The zero-order chi connectivity index (χ0) is 13.0. The average Bonchev–Trinajstić information content (AvgIpc) is 2.35. The van der Waals surface area contributed by atoms with Crippen LogP contribution in [0.4, 0.5) is 15.8 Å². The first-order valence-corrected chi connectivity index (χ1v) is 5.88. The Bertz CT molecular complexity index is 433.